The number of carbonyl (C=O) groups excluding carboxylic acids is 1. The summed E-state index contributed by atoms with van der Waals surface area (Å²) in [5, 5.41) is 18.4. The number of nitrogens with zero attached hydrogens (tertiary/aromatic N) is 5. The summed E-state index contributed by atoms with van der Waals surface area (Å²) in [5.41, 5.74) is 3.69. The highest BCUT2D eigenvalue weighted by molar-refractivity contribution is 6.33. The number of aromatic nitrogens is 3. The van der Waals surface area contributed by atoms with Crippen molar-refractivity contribution in [2.45, 2.75) is 60.2 Å². The van der Waals surface area contributed by atoms with Gasteiger partial charge in [0.25, 0.3) is 5.91 Å². The van der Waals surface area contributed by atoms with Gasteiger partial charge in [0.1, 0.15) is 11.6 Å². The molecule has 7 nitrogen and oxygen atoms in total. The summed E-state index contributed by atoms with van der Waals surface area (Å²) in [4.78, 5) is 14.8. The monoisotopic (exact) mass is 465 g/mol. The molecule has 0 saturated carbocycles. The van der Waals surface area contributed by atoms with E-state index in [9.17, 15) is 10.1 Å². The van der Waals surface area contributed by atoms with Gasteiger partial charge in [0, 0.05) is 24.0 Å². The third kappa shape index (κ3) is 5.35. The van der Waals surface area contributed by atoms with Crippen LogP contribution in [0.5, 0.6) is 0 Å². The molecule has 0 aliphatic carbocycles. The molecule has 0 aliphatic heterocycles. The van der Waals surface area contributed by atoms with Gasteiger partial charge in [0.2, 0.25) is 11.8 Å². The molecule has 0 unspecified atom stereocenters. The van der Waals surface area contributed by atoms with Gasteiger partial charge in [-0.2, -0.15) is 5.26 Å². The Morgan fingerprint density at radius 1 is 1.30 bits per heavy atom. The van der Waals surface area contributed by atoms with E-state index in [1.807, 2.05) is 45.9 Å². The van der Waals surface area contributed by atoms with Crippen LogP contribution in [-0.4, -0.2) is 31.6 Å². The number of hydrogen-bond acceptors (Lipinski definition) is 5. The zero-order valence-corrected chi connectivity index (χ0v) is 20.3. The topological polar surface area (TPSA) is 88.0 Å². The second kappa shape index (κ2) is 10.5. The lowest BCUT2D eigenvalue weighted by Gasteiger charge is -2.24. The SMILES string of the molecule is CCCn1c(C)cc(/C=C(/C#N)C(=O)N(Cc2nnc(-c3ccccc3Cl)o2)C(C)C)c1C. The Morgan fingerprint density at radius 2 is 2.03 bits per heavy atom. The first kappa shape index (κ1) is 24.3. The summed E-state index contributed by atoms with van der Waals surface area (Å²) in [7, 11) is 0. The molecule has 0 saturated heterocycles. The zero-order valence-electron chi connectivity index (χ0n) is 19.6. The Balaban J connectivity index is 1.87. The van der Waals surface area contributed by atoms with Crippen LogP contribution in [0.1, 0.15) is 50.0 Å². The number of aryl methyl sites for hydroxylation is 1. The molecular formula is C25H28ClN5O2. The van der Waals surface area contributed by atoms with E-state index in [1.54, 1.807) is 23.1 Å². The minimum Gasteiger partial charge on any atom is -0.419 e. The molecular weight excluding hydrogens is 438 g/mol. The number of benzene rings is 1. The van der Waals surface area contributed by atoms with Crippen LogP contribution in [0.4, 0.5) is 0 Å². The normalized spacial score (nSPS) is 11.6. The largest absolute Gasteiger partial charge is 0.419 e. The van der Waals surface area contributed by atoms with E-state index in [0.29, 0.717) is 10.6 Å². The maximum atomic E-state index is 13.3. The number of nitriles is 1. The Hall–Kier alpha value is -3.37. The van der Waals surface area contributed by atoms with Crippen molar-refractivity contribution in [3.8, 4) is 17.5 Å². The Labute approximate surface area is 199 Å². The van der Waals surface area contributed by atoms with Gasteiger partial charge in [-0.15, -0.1) is 10.2 Å². The standard InChI is InChI=1S/C25H28ClN5O2/c1-6-11-30-17(4)12-19(18(30)5)13-20(14-27)25(32)31(16(2)3)15-23-28-29-24(33-23)21-9-7-8-10-22(21)26/h7-10,12-13,16H,6,11,15H2,1-5H3/b20-13-. The van der Waals surface area contributed by atoms with Gasteiger partial charge in [0.05, 0.1) is 17.1 Å². The van der Waals surface area contributed by atoms with Crippen molar-refractivity contribution in [3.63, 3.8) is 0 Å². The van der Waals surface area contributed by atoms with Gasteiger partial charge in [0.15, 0.2) is 0 Å². The average Bonchev–Trinajstić information content (AvgIpc) is 3.35. The maximum Gasteiger partial charge on any atom is 0.265 e. The van der Waals surface area contributed by atoms with Crippen LogP contribution >= 0.6 is 11.6 Å². The van der Waals surface area contributed by atoms with E-state index in [0.717, 1.165) is 29.9 Å². The molecule has 0 radical (unpaired) electrons. The highest BCUT2D eigenvalue weighted by Crippen LogP contribution is 2.27. The number of amides is 1. The van der Waals surface area contributed by atoms with Crippen molar-refractivity contribution in [2.75, 3.05) is 0 Å². The smallest absolute Gasteiger partial charge is 0.265 e. The van der Waals surface area contributed by atoms with Gasteiger partial charge in [-0.1, -0.05) is 30.7 Å². The van der Waals surface area contributed by atoms with Crippen molar-refractivity contribution >= 4 is 23.6 Å². The predicted molar refractivity (Wildman–Crippen MR) is 128 cm³/mol. The number of halogens is 1. The summed E-state index contributed by atoms with van der Waals surface area (Å²) < 4.78 is 7.97. The molecule has 0 bridgehead atoms. The van der Waals surface area contributed by atoms with Crippen molar-refractivity contribution in [1.29, 1.82) is 5.26 Å². The van der Waals surface area contributed by atoms with E-state index in [1.165, 1.54) is 0 Å². The highest BCUT2D eigenvalue weighted by Gasteiger charge is 2.24. The zero-order chi connectivity index (χ0) is 24.1. The predicted octanol–water partition coefficient (Wildman–Crippen LogP) is 5.56. The fraction of sp³-hybridized carbons (Fsp3) is 0.360. The molecule has 0 atom stereocenters. The molecule has 1 aromatic carbocycles. The second-order valence-corrected chi connectivity index (χ2v) is 8.56. The first-order valence-corrected chi connectivity index (χ1v) is 11.3. The number of carbonyl (C=O) groups is 1. The van der Waals surface area contributed by atoms with Gasteiger partial charge >= 0.3 is 0 Å². The summed E-state index contributed by atoms with van der Waals surface area (Å²) >= 11 is 6.22. The van der Waals surface area contributed by atoms with Gasteiger partial charge in [-0.25, -0.2) is 0 Å². The molecule has 8 heteroatoms. The molecule has 0 N–H and O–H groups in total. The van der Waals surface area contributed by atoms with Gasteiger partial charge in [-0.3, -0.25) is 4.79 Å². The highest BCUT2D eigenvalue weighted by atomic mass is 35.5. The van der Waals surface area contributed by atoms with Gasteiger partial charge in [-0.05, 0) is 64.0 Å². The Kier molecular flexibility index (Phi) is 7.72. The first-order valence-electron chi connectivity index (χ1n) is 10.9. The van der Waals surface area contributed by atoms with Gasteiger partial charge < -0.3 is 13.9 Å². The van der Waals surface area contributed by atoms with Crippen LogP contribution in [-0.2, 0) is 17.9 Å². The average molecular weight is 466 g/mol. The van der Waals surface area contributed by atoms with Crippen molar-refractivity contribution in [3.05, 3.63) is 63.8 Å². The van der Waals surface area contributed by atoms with Crippen LogP contribution in [0.2, 0.25) is 5.02 Å². The Bertz CT molecular complexity index is 1220. The molecule has 33 heavy (non-hydrogen) atoms. The lowest BCUT2D eigenvalue weighted by Crippen LogP contribution is -2.37. The second-order valence-electron chi connectivity index (χ2n) is 8.16. The third-order valence-electron chi connectivity index (χ3n) is 5.47. The Morgan fingerprint density at radius 3 is 2.67 bits per heavy atom. The molecule has 2 heterocycles. The van der Waals surface area contributed by atoms with Crippen molar-refractivity contribution in [2.24, 2.45) is 0 Å². The fourth-order valence-electron chi connectivity index (χ4n) is 3.69. The van der Waals surface area contributed by atoms with Crippen LogP contribution in [0, 0.1) is 25.2 Å². The van der Waals surface area contributed by atoms with E-state index in [2.05, 4.69) is 27.8 Å². The summed E-state index contributed by atoms with van der Waals surface area (Å²) in [6.07, 6.45) is 2.67. The number of rotatable bonds is 8. The quantitative estimate of drug-likeness (QED) is 0.321. The molecule has 2 aromatic heterocycles. The summed E-state index contributed by atoms with van der Waals surface area (Å²) in [6, 6.07) is 11.1. The molecule has 0 fully saturated rings. The van der Waals surface area contributed by atoms with Crippen LogP contribution < -0.4 is 0 Å². The van der Waals surface area contributed by atoms with E-state index in [4.69, 9.17) is 16.0 Å². The minimum absolute atomic E-state index is 0.0614. The summed E-state index contributed by atoms with van der Waals surface area (Å²) in [6.45, 7) is 10.9. The van der Waals surface area contributed by atoms with Crippen molar-refractivity contribution < 1.29 is 9.21 Å². The summed E-state index contributed by atoms with van der Waals surface area (Å²) in [5.74, 6) is 0.168. The van der Waals surface area contributed by atoms with E-state index in [-0.39, 0.29) is 35.8 Å². The maximum absolute atomic E-state index is 13.3. The fourth-order valence-corrected chi connectivity index (χ4v) is 3.91. The first-order chi connectivity index (χ1) is 15.8. The molecule has 3 aromatic rings. The molecule has 1 amide bonds. The lowest BCUT2D eigenvalue weighted by atomic mass is 10.1. The molecule has 0 spiro atoms. The molecule has 172 valence electrons. The molecule has 0 aliphatic rings. The number of hydrogen-bond donors (Lipinski definition) is 0. The van der Waals surface area contributed by atoms with Crippen LogP contribution in [0.15, 0.2) is 40.3 Å². The molecule has 3 rings (SSSR count). The minimum atomic E-state index is -0.384. The van der Waals surface area contributed by atoms with Crippen molar-refractivity contribution in [1.82, 2.24) is 19.7 Å². The van der Waals surface area contributed by atoms with Crippen LogP contribution in [0.3, 0.4) is 0 Å². The van der Waals surface area contributed by atoms with E-state index < -0.39 is 0 Å². The lowest BCUT2D eigenvalue weighted by molar-refractivity contribution is -0.129. The third-order valence-corrected chi connectivity index (χ3v) is 5.80. The van der Waals surface area contributed by atoms with Crippen LogP contribution in [0.25, 0.3) is 17.5 Å². The van der Waals surface area contributed by atoms with E-state index >= 15 is 0 Å².